The van der Waals surface area contributed by atoms with E-state index < -0.39 is 40.6 Å². The maximum atomic E-state index is 13.9. The zero-order valence-electron chi connectivity index (χ0n) is 20.1. The Morgan fingerprint density at radius 2 is 2.03 bits per heavy atom. The fourth-order valence-corrected chi connectivity index (χ4v) is 3.35. The minimum Gasteiger partial charge on any atom is -0.504 e. The molecule has 9 nitrogen and oxygen atoms in total. The monoisotopic (exact) mass is 494 g/mol. The van der Waals surface area contributed by atoms with Crippen molar-refractivity contribution in [2.75, 3.05) is 19.9 Å². The molecule has 0 unspecified atom stereocenters. The first kappa shape index (κ1) is 27.9. The lowest BCUT2D eigenvalue weighted by Gasteiger charge is -2.31. The standard InChI is InChI=1S/C24H32F2N4O5/c1-4-6-7-18-21(31)22(32)19(23(33)27-11-16-8-9-17(25)10-20(16)26)12-28-29-14-30(24(18)34)15(3)13-35-5-2/h8-10,12,15,28-29,31H,4-7,11,13-14H2,1-3H3,(H,27,33)/b19-12+,21-18-/t15-/m1/s1. The number of aliphatic hydroxyl groups is 1. The number of benzene rings is 1. The van der Waals surface area contributed by atoms with Crippen molar-refractivity contribution in [1.82, 2.24) is 21.1 Å². The van der Waals surface area contributed by atoms with E-state index in [1.165, 1.54) is 11.0 Å². The number of amides is 2. The van der Waals surface area contributed by atoms with Crippen LogP contribution in [0.4, 0.5) is 8.78 Å². The molecule has 4 N–H and O–H groups in total. The summed E-state index contributed by atoms with van der Waals surface area (Å²) in [5.74, 6) is -4.97. The number of halogens is 2. The van der Waals surface area contributed by atoms with E-state index in [0.29, 0.717) is 25.5 Å². The first-order chi connectivity index (χ1) is 16.7. The molecule has 1 aromatic carbocycles. The van der Waals surface area contributed by atoms with Crippen LogP contribution in [0.3, 0.4) is 0 Å². The van der Waals surface area contributed by atoms with Gasteiger partial charge in [0.2, 0.25) is 5.78 Å². The molecular weight excluding hydrogens is 462 g/mol. The van der Waals surface area contributed by atoms with E-state index in [2.05, 4.69) is 16.2 Å². The number of rotatable bonds is 10. The molecule has 0 aromatic heterocycles. The van der Waals surface area contributed by atoms with Gasteiger partial charge < -0.3 is 25.5 Å². The molecule has 1 aliphatic rings. The van der Waals surface area contributed by atoms with Gasteiger partial charge >= 0.3 is 0 Å². The van der Waals surface area contributed by atoms with Gasteiger partial charge in [-0.3, -0.25) is 14.4 Å². The third kappa shape index (κ3) is 7.59. The molecule has 0 saturated carbocycles. The summed E-state index contributed by atoms with van der Waals surface area (Å²) in [6, 6.07) is 2.53. The van der Waals surface area contributed by atoms with Crippen molar-refractivity contribution in [3.05, 3.63) is 58.5 Å². The Kier molecular flexibility index (Phi) is 10.8. The highest BCUT2D eigenvalue weighted by atomic mass is 19.1. The van der Waals surface area contributed by atoms with Crippen molar-refractivity contribution < 1.29 is 33.0 Å². The Morgan fingerprint density at radius 3 is 2.69 bits per heavy atom. The third-order valence-electron chi connectivity index (χ3n) is 5.41. The van der Waals surface area contributed by atoms with Gasteiger partial charge in [0.05, 0.1) is 24.9 Å². The topological polar surface area (TPSA) is 120 Å². The first-order valence-corrected chi connectivity index (χ1v) is 11.5. The van der Waals surface area contributed by atoms with E-state index in [1.807, 2.05) is 13.8 Å². The average molecular weight is 495 g/mol. The smallest absolute Gasteiger partial charge is 0.257 e. The summed E-state index contributed by atoms with van der Waals surface area (Å²) < 4.78 is 32.4. The number of hydrazine groups is 1. The van der Waals surface area contributed by atoms with Gasteiger partial charge in [-0.25, -0.2) is 14.2 Å². The number of carbonyl (C=O) groups is 3. The number of aliphatic hydroxyl groups excluding tert-OH is 1. The highest BCUT2D eigenvalue weighted by Gasteiger charge is 2.31. The van der Waals surface area contributed by atoms with Gasteiger partial charge in [-0.05, 0) is 32.8 Å². The molecule has 0 aliphatic carbocycles. The van der Waals surface area contributed by atoms with Crippen molar-refractivity contribution in [2.45, 2.75) is 52.6 Å². The van der Waals surface area contributed by atoms with Crippen LogP contribution in [0.2, 0.25) is 0 Å². The molecule has 35 heavy (non-hydrogen) atoms. The number of nitrogens with zero attached hydrogens (tertiary/aromatic N) is 1. The Balaban J connectivity index is 2.32. The van der Waals surface area contributed by atoms with Gasteiger partial charge in [0.1, 0.15) is 17.2 Å². The Bertz CT molecular complexity index is 996. The number of ether oxygens (including phenoxy) is 1. The van der Waals surface area contributed by atoms with Crippen LogP contribution in [0.25, 0.3) is 0 Å². The predicted molar refractivity (Wildman–Crippen MR) is 124 cm³/mol. The van der Waals surface area contributed by atoms with Gasteiger partial charge in [0.15, 0.2) is 5.76 Å². The molecule has 1 atom stereocenters. The van der Waals surface area contributed by atoms with Gasteiger partial charge in [0.25, 0.3) is 11.8 Å². The molecule has 1 aromatic rings. The number of hydrogen-bond acceptors (Lipinski definition) is 7. The van der Waals surface area contributed by atoms with Crippen molar-refractivity contribution in [3.63, 3.8) is 0 Å². The van der Waals surface area contributed by atoms with Crippen LogP contribution in [0.15, 0.2) is 41.3 Å². The molecule has 0 bridgehead atoms. The van der Waals surface area contributed by atoms with Crippen LogP contribution in [-0.2, 0) is 25.7 Å². The predicted octanol–water partition coefficient (Wildman–Crippen LogP) is 2.36. The summed E-state index contributed by atoms with van der Waals surface area (Å²) in [7, 11) is 0. The molecule has 0 fully saturated rings. The second kappa shape index (κ2) is 13.5. The highest BCUT2D eigenvalue weighted by Crippen LogP contribution is 2.20. The second-order valence-electron chi connectivity index (χ2n) is 8.00. The van der Waals surface area contributed by atoms with E-state index >= 15 is 0 Å². The summed E-state index contributed by atoms with van der Waals surface area (Å²) in [4.78, 5) is 40.6. The lowest BCUT2D eigenvalue weighted by atomic mass is 10.00. The molecule has 192 valence electrons. The van der Waals surface area contributed by atoms with Gasteiger partial charge in [-0.1, -0.05) is 19.4 Å². The molecule has 0 spiro atoms. The Hall–Kier alpha value is -3.31. The summed E-state index contributed by atoms with van der Waals surface area (Å²) in [6.07, 6.45) is 2.44. The molecule has 2 amide bonds. The van der Waals surface area contributed by atoms with Crippen molar-refractivity contribution in [3.8, 4) is 0 Å². The average Bonchev–Trinajstić information content (AvgIpc) is 2.83. The number of unbranched alkanes of at least 4 members (excludes halogenated alkanes) is 1. The second-order valence-corrected chi connectivity index (χ2v) is 8.00. The highest BCUT2D eigenvalue weighted by molar-refractivity contribution is 6.26. The maximum absolute atomic E-state index is 13.9. The lowest BCUT2D eigenvalue weighted by Crippen LogP contribution is -2.50. The maximum Gasteiger partial charge on any atom is 0.257 e. The molecule has 1 aliphatic heterocycles. The summed E-state index contributed by atoms with van der Waals surface area (Å²) >= 11 is 0. The molecular formula is C24H32F2N4O5. The van der Waals surface area contributed by atoms with Crippen LogP contribution in [0.1, 0.15) is 45.6 Å². The van der Waals surface area contributed by atoms with Crippen LogP contribution in [0.5, 0.6) is 0 Å². The molecule has 2 rings (SSSR count). The normalized spacial score (nSPS) is 19.6. The van der Waals surface area contributed by atoms with Crippen LogP contribution in [-0.4, -0.2) is 53.5 Å². The van der Waals surface area contributed by atoms with Crippen molar-refractivity contribution in [1.29, 1.82) is 0 Å². The molecule has 0 saturated heterocycles. The quantitative estimate of drug-likeness (QED) is 0.369. The van der Waals surface area contributed by atoms with E-state index in [-0.39, 0.29) is 43.4 Å². The summed E-state index contributed by atoms with van der Waals surface area (Å²) in [5, 5.41) is 13.2. The van der Waals surface area contributed by atoms with Crippen LogP contribution in [0, 0.1) is 11.6 Å². The first-order valence-electron chi connectivity index (χ1n) is 11.5. The minimum atomic E-state index is -1.06. The number of hydrogen-bond donors (Lipinski definition) is 4. The van der Waals surface area contributed by atoms with E-state index in [1.54, 1.807) is 6.92 Å². The third-order valence-corrected chi connectivity index (χ3v) is 5.41. The molecule has 1 heterocycles. The summed E-state index contributed by atoms with van der Waals surface area (Å²) in [6.45, 7) is 5.90. The summed E-state index contributed by atoms with van der Waals surface area (Å²) in [5.41, 5.74) is 4.77. The van der Waals surface area contributed by atoms with Gasteiger partial charge in [-0.2, -0.15) is 0 Å². The number of nitrogens with one attached hydrogen (secondary N) is 3. The largest absolute Gasteiger partial charge is 0.504 e. The lowest BCUT2D eigenvalue weighted by molar-refractivity contribution is -0.132. The van der Waals surface area contributed by atoms with Gasteiger partial charge in [0, 0.05) is 31.0 Å². The Morgan fingerprint density at radius 1 is 1.29 bits per heavy atom. The van der Waals surface area contributed by atoms with E-state index in [9.17, 15) is 28.3 Å². The van der Waals surface area contributed by atoms with E-state index in [4.69, 9.17) is 4.74 Å². The van der Waals surface area contributed by atoms with Gasteiger partial charge in [-0.15, -0.1) is 0 Å². The SMILES string of the molecule is CCCC/C1=C(/O)C(=O)/C(C(=O)NCc2ccc(F)cc2F)=C\NNCN([C@H](C)COCC)C1=O. The fraction of sp³-hybridized carbons (Fsp3) is 0.458. The molecule has 0 radical (unpaired) electrons. The van der Waals surface area contributed by atoms with Crippen molar-refractivity contribution in [2.24, 2.45) is 0 Å². The van der Waals surface area contributed by atoms with Crippen molar-refractivity contribution >= 4 is 17.6 Å². The fourth-order valence-electron chi connectivity index (χ4n) is 3.35. The Labute approximate surface area is 203 Å². The van der Waals surface area contributed by atoms with Crippen LogP contribution >= 0.6 is 0 Å². The van der Waals surface area contributed by atoms with E-state index in [0.717, 1.165) is 12.3 Å². The minimum absolute atomic E-state index is 0.00361. The molecule has 11 heteroatoms. The number of allylic oxidation sites excluding steroid dienone is 1. The zero-order valence-corrected chi connectivity index (χ0v) is 20.1. The number of carbonyl (C=O) groups excluding carboxylic acids is 3. The number of Topliss-reactive ketones (excluding diaryl/α,β-unsaturated/α-hetero) is 1. The number of ketones is 1. The zero-order chi connectivity index (χ0) is 26.0. The van der Waals surface area contributed by atoms with Crippen LogP contribution < -0.4 is 16.2 Å².